The van der Waals surface area contributed by atoms with Gasteiger partial charge < -0.3 is 43.0 Å². The summed E-state index contributed by atoms with van der Waals surface area (Å²) in [6, 6.07) is 0. The van der Waals surface area contributed by atoms with Gasteiger partial charge in [-0.25, -0.2) is 9.59 Å². The number of carbonyl (C=O) groups is 2. The molecule has 0 bridgehead atoms. The molecular weight excluding hydrogens is 305 g/mol. The van der Waals surface area contributed by atoms with E-state index >= 15 is 0 Å². The van der Waals surface area contributed by atoms with E-state index in [0.717, 1.165) is 0 Å². The topological polar surface area (TPSA) is 237 Å². The fourth-order valence-corrected chi connectivity index (χ4v) is 1.22. The van der Waals surface area contributed by atoms with Gasteiger partial charge in [0.25, 0.3) is 5.60 Å². The average Bonchev–Trinajstić information content (AvgIpc) is 2.34. The van der Waals surface area contributed by atoms with Crippen LogP contribution in [-0.2, 0) is 28.8 Å². The molecule has 12 N–H and O–H groups in total. The van der Waals surface area contributed by atoms with Gasteiger partial charge in [0, 0.05) is 7.11 Å². The highest BCUT2D eigenvalue weighted by Crippen LogP contribution is 2.21. The highest BCUT2D eigenvalue weighted by atomic mass is 17.2. The molecule has 0 aromatic carbocycles. The maximum atomic E-state index is 11.5. The zero-order chi connectivity index (χ0) is 15.5. The predicted molar refractivity (Wildman–Crippen MR) is 77.2 cm³/mol. The van der Waals surface area contributed by atoms with E-state index in [4.69, 9.17) is 19.8 Å². The normalized spacial score (nSPS) is 10.9. The quantitative estimate of drug-likeness (QED) is 0.111. The van der Waals surface area contributed by atoms with Crippen molar-refractivity contribution in [3.63, 3.8) is 0 Å². The first kappa shape index (κ1) is 32.6. The summed E-state index contributed by atoms with van der Waals surface area (Å²) in [6.07, 6.45) is 0.722. The lowest BCUT2D eigenvalue weighted by atomic mass is 9.98. The molecule has 0 aromatic heterocycles. The van der Waals surface area contributed by atoms with Crippen molar-refractivity contribution in [2.45, 2.75) is 25.4 Å². The molecule has 0 saturated carbocycles. The Morgan fingerprint density at radius 2 is 1.41 bits per heavy atom. The lowest BCUT2D eigenvalue weighted by Gasteiger charge is -2.25. The summed E-state index contributed by atoms with van der Waals surface area (Å²) >= 11 is 0. The highest BCUT2D eigenvalue weighted by molar-refractivity contribution is 6.30. The third kappa shape index (κ3) is 11.4. The molecule has 0 fully saturated rings. The number of hydrogen-bond donors (Lipinski definition) is 6. The zero-order valence-corrected chi connectivity index (χ0v) is 13.4. The number of methoxy groups -OCH3 is 2. The minimum absolute atomic E-state index is 0. The molecule has 22 heavy (non-hydrogen) atoms. The van der Waals surface area contributed by atoms with Gasteiger partial charge in [-0.05, 0) is 6.42 Å². The molecule has 0 rings (SSSR count). The Kier molecular flexibility index (Phi) is 26.3. The van der Waals surface area contributed by atoms with E-state index in [1.807, 2.05) is 0 Å². The number of ether oxygens (including phenoxy) is 2. The smallest absolute Gasteiger partial charge is 0.466 e. The molecule has 0 heterocycles. The minimum Gasteiger partial charge on any atom is -0.466 e. The van der Waals surface area contributed by atoms with E-state index in [0.29, 0.717) is 6.42 Å². The van der Waals surface area contributed by atoms with Crippen molar-refractivity contribution in [2.24, 2.45) is 0 Å². The highest BCUT2D eigenvalue weighted by Gasteiger charge is 2.49. The summed E-state index contributed by atoms with van der Waals surface area (Å²) in [7, 11) is 1.41. The van der Waals surface area contributed by atoms with Crippen LogP contribution in [0.3, 0.4) is 0 Å². The summed E-state index contributed by atoms with van der Waals surface area (Å²) < 4.78 is 9.42. The fraction of sp³-hybridized carbons (Fsp3) is 0.778. The van der Waals surface area contributed by atoms with Gasteiger partial charge in [0.1, 0.15) is 0 Å². The molecule has 13 heteroatoms. The first-order chi connectivity index (χ1) is 8.82. The van der Waals surface area contributed by atoms with Crippen LogP contribution >= 0.6 is 0 Å². The lowest BCUT2D eigenvalue weighted by Crippen LogP contribution is -2.50. The molecule has 1 atom stereocenters. The average molecular weight is 333 g/mol. The Morgan fingerprint density at radius 3 is 1.64 bits per heavy atom. The van der Waals surface area contributed by atoms with Gasteiger partial charge in [-0.2, -0.15) is 4.89 Å². The van der Waals surface area contributed by atoms with Gasteiger partial charge in [0.15, 0.2) is 0 Å². The summed E-state index contributed by atoms with van der Waals surface area (Å²) in [6.45, 7) is 1.80. The molecule has 0 amide bonds. The lowest BCUT2D eigenvalue weighted by molar-refractivity contribution is -0.271. The van der Waals surface area contributed by atoms with Gasteiger partial charge in [-0.15, -0.1) is 0 Å². The van der Waals surface area contributed by atoms with Crippen LogP contribution in [0.25, 0.3) is 0 Å². The van der Waals surface area contributed by atoms with Crippen molar-refractivity contribution in [3.8, 4) is 0 Å². The maximum Gasteiger partial charge on any atom is 0.631 e. The minimum atomic E-state index is -2.17. The van der Waals surface area contributed by atoms with Gasteiger partial charge >= 0.3 is 19.3 Å². The molecule has 0 radical (unpaired) electrons. The molecule has 1 unspecified atom stereocenters. The molecule has 0 spiro atoms. The number of carbonyl (C=O) groups excluding carboxylic acids is 2. The van der Waals surface area contributed by atoms with E-state index in [-0.39, 0.29) is 24.9 Å². The monoisotopic (exact) mass is 333 g/mol. The van der Waals surface area contributed by atoms with E-state index < -0.39 is 24.9 Å². The summed E-state index contributed by atoms with van der Waals surface area (Å²) in [5, 5.41) is 21.5. The fourth-order valence-electron chi connectivity index (χ4n) is 1.22. The van der Waals surface area contributed by atoms with Crippen LogP contribution in [0.15, 0.2) is 0 Å². The Morgan fingerprint density at radius 1 is 1.00 bits per heavy atom. The third-order valence-corrected chi connectivity index (χ3v) is 1.95. The standard InChI is InChI=1S/C9H16O6.BH3O3.3H3N/c1-5-6-9(13-3,7(10)12-2)8(11)15-14-4;2-1(3)4;;;/h5-6H2,1-4H3;2-4H;3*1H3. The molecule has 136 valence electrons. The molecular formula is C9H28BN3O9. The van der Waals surface area contributed by atoms with E-state index in [1.54, 1.807) is 6.92 Å². The summed E-state index contributed by atoms with van der Waals surface area (Å²) in [4.78, 5) is 31.5. The number of hydrogen-bond acceptors (Lipinski definition) is 12. The number of esters is 1. The van der Waals surface area contributed by atoms with Crippen LogP contribution in [0.2, 0.25) is 0 Å². The van der Waals surface area contributed by atoms with Crippen LogP contribution in [-0.4, -0.2) is 61.3 Å². The van der Waals surface area contributed by atoms with Crippen LogP contribution in [0.5, 0.6) is 0 Å². The molecule has 0 saturated heterocycles. The van der Waals surface area contributed by atoms with Crippen LogP contribution in [0.1, 0.15) is 19.8 Å². The summed E-state index contributed by atoms with van der Waals surface area (Å²) in [5.74, 6) is -1.71. The Bertz CT molecular complexity index is 280. The van der Waals surface area contributed by atoms with Crippen molar-refractivity contribution in [3.05, 3.63) is 0 Å². The molecule has 0 aromatic rings. The molecule has 12 nitrogen and oxygen atoms in total. The largest absolute Gasteiger partial charge is 0.631 e. The zero-order valence-electron chi connectivity index (χ0n) is 13.4. The summed E-state index contributed by atoms with van der Waals surface area (Å²) in [5.41, 5.74) is -1.74. The molecule has 0 aliphatic carbocycles. The Hall–Kier alpha value is -1.32. The van der Waals surface area contributed by atoms with E-state index in [2.05, 4.69) is 14.5 Å². The van der Waals surface area contributed by atoms with E-state index in [9.17, 15) is 9.59 Å². The van der Waals surface area contributed by atoms with E-state index in [1.165, 1.54) is 21.3 Å². The van der Waals surface area contributed by atoms with Gasteiger partial charge in [0.2, 0.25) is 0 Å². The Labute approximate surface area is 129 Å². The second kappa shape index (κ2) is 17.7. The Balaban J connectivity index is -0.000000123. The first-order valence-corrected chi connectivity index (χ1v) is 5.25. The van der Waals surface area contributed by atoms with Gasteiger partial charge in [0.05, 0.1) is 14.2 Å². The predicted octanol–water partition coefficient (Wildman–Crippen LogP) is -1.12. The van der Waals surface area contributed by atoms with Crippen molar-refractivity contribution in [1.29, 1.82) is 0 Å². The van der Waals surface area contributed by atoms with Crippen molar-refractivity contribution >= 4 is 19.3 Å². The van der Waals surface area contributed by atoms with Crippen molar-refractivity contribution < 1.29 is 43.9 Å². The third-order valence-electron chi connectivity index (χ3n) is 1.95. The van der Waals surface area contributed by atoms with Crippen LogP contribution in [0, 0.1) is 0 Å². The van der Waals surface area contributed by atoms with Crippen LogP contribution in [0.4, 0.5) is 0 Å². The molecule has 0 aliphatic rings. The first-order valence-electron chi connectivity index (χ1n) is 5.25. The molecule has 0 aliphatic heterocycles. The van der Waals surface area contributed by atoms with Crippen molar-refractivity contribution in [1.82, 2.24) is 18.5 Å². The SMILES string of the molecule is CCCC(OC)(C(=O)OC)C(=O)OOC.N.N.N.OB(O)O. The van der Waals surface area contributed by atoms with Gasteiger partial charge in [-0.3, -0.25) is 4.89 Å². The van der Waals surface area contributed by atoms with Gasteiger partial charge in [-0.1, -0.05) is 13.3 Å². The van der Waals surface area contributed by atoms with Crippen LogP contribution < -0.4 is 18.5 Å². The second-order valence-electron chi connectivity index (χ2n) is 3.16. The maximum absolute atomic E-state index is 11.5. The second-order valence-corrected chi connectivity index (χ2v) is 3.16. The van der Waals surface area contributed by atoms with Crippen molar-refractivity contribution in [2.75, 3.05) is 21.3 Å². The number of rotatable bonds is 6.